The lowest BCUT2D eigenvalue weighted by molar-refractivity contribution is -0.0518. The number of nitrogens with zero attached hydrogens (tertiary/aromatic N) is 2. The van der Waals surface area contributed by atoms with Crippen molar-refractivity contribution in [3.8, 4) is 6.07 Å². The van der Waals surface area contributed by atoms with Crippen LogP contribution in [-0.2, 0) is 12.8 Å². The number of β-amino-alcohol motifs (C(OH)–C–C–N with tert-alkyl or cyclic N) is 1. The third-order valence-corrected chi connectivity index (χ3v) is 5.43. The molecular formula is C17H22N2O. The van der Waals surface area contributed by atoms with Gasteiger partial charge < -0.3 is 10.0 Å². The number of aliphatic hydroxyl groups is 1. The van der Waals surface area contributed by atoms with E-state index in [9.17, 15) is 10.4 Å². The molecule has 3 unspecified atom stereocenters. The maximum atomic E-state index is 11.2. The molecule has 2 aliphatic rings. The molecule has 1 aliphatic carbocycles. The number of aryl methyl sites for hydroxylation is 1. The number of benzene rings is 1. The first-order valence-corrected chi connectivity index (χ1v) is 7.40. The van der Waals surface area contributed by atoms with Gasteiger partial charge >= 0.3 is 0 Å². The highest BCUT2D eigenvalue weighted by atomic mass is 16.3. The lowest BCUT2D eigenvalue weighted by Crippen LogP contribution is -2.52. The molecule has 0 radical (unpaired) electrons. The topological polar surface area (TPSA) is 47.3 Å². The summed E-state index contributed by atoms with van der Waals surface area (Å²) >= 11 is 0. The molecule has 3 rings (SSSR count). The van der Waals surface area contributed by atoms with E-state index in [1.807, 2.05) is 13.1 Å². The highest BCUT2D eigenvalue weighted by Crippen LogP contribution is 2.48. The van der Waals surface area contributed by atoms with Crippen LogP contribution >= 0.6 is 0 Å². The van der Waals surface area contributed by atoms with E-state index in [4.69, 9.17) is 0 Å². The smallest absolute Gasteiger partial charge is 0.0977 e. The molecule has 0 amide bonds. The molecule has 1 aromatic rings. The summed E-state index contributed by atoms with van der Waals surface area (Å²) in [5.74, 6) is 0. The Morgan fingerprint density at radius 3 is 2.65 bits per heavy atom. The lowest BCUT2D eigenvalue weighted by Gasteiger charge is -2.43. The number of fused-ring (bicyclic) bond motifs is 1. The second kappa shape index (κ2) is 4.58. The summed E-state index contributed by atoms with van der Waals surface area (Å²) in [6, 6.07) is 11.2. The quantitative estimate of drug-likeness (QED) is 0.850. The highest BCUT2D eigenvalue weighted by molar-refractivity contribution is 5.35. The van der Waals surface area contributed by atoms with Crippen LogP contribution in [0.1, 0.15) is 30.9 Å². The van der Waals surface area contributed by atoms with Crippen LogP contribution in [0, 0.1) is 16.7 Å². The van der Waals surface area contributed by atoms with E-state index in [2.05, 4.69) is 36.1 Å². The zero-order chi connectivity index (χ0) is 14.4. The molecule has 0 saturated carbocycles. The van der Waals surface area contributed by atoms with Crippen molar-refractivity contribution in [1.82, 2.24) is 4.90 Å². The first-order chi connectivity index (χ1) is 9.50. The second-order valence-corrected chi connectivity index (χ2v) is 6.64. The van der Waals surface area contributed by atoms with Crippen molar-refractivity contribution in [2.75, 3.05) is 13.6 Å². The fourth-order valence-electron chi connectivity index (χ4n) is 3.96. The number of hydrogen-bond acceptors (Lipinski definition) is 3. The number of likely N-dealkylation sites (tertiary alicyclic amines) is 1. The summed E-state index contributed by atoms with van der Waals surface area (Å²) in [6.45, 7) is 2.73. The first kappa shape index (κ1) is 13.6. The largest absolute Gasteiger partial charge is 0.387 e. The van der Waals surface area contributed by atoms with Crippen LogP contribution < -0.4 is 0 Å². The standard InChI is InChI=1S/C17H22N2O/c1-13-9-17(20,12-19(13)2)16(11-18)8-7-14-5-3-4-6-15(14)10-16/h3-6,13,20H,7-10,12H2,1-2H3. The second-order valence-electron chi connectivity index (χ2n) is 6.64. The molecular weight excluding hydrogens is 248 g/mol. The Morgan fingerprint density at radius 1 is 1.35 bits per heavy atom. The van der Waals surface area contributed by atoms with Gasteiger partial charge in [-0.1, -0.05) is 24.3 Å². The minimum atomic E-state index is -0.885. The Kier molecular flexibility index (Phi) is 3.12. The predicted molar refractivity (Wildman–Crippen MR) is 78.2 cm³/mol. The Labute approximate surface area is 120 Å². The summed E-state index contributed by atoms with van der Waals surface area (Å²) < 4.78 is 0. The van der Waals surface area contributed by atoms with Crippen molar-refractivity contribution in [3.05, 3.63) is 35.4 Å². The third kappa shape index (κ3) is 1.87. The van der Waals surface area contributed by atoms with Gasteiger partial charge in [0.15, 0.2) is 0 Å². The van der Waals surface area contributed by atoms with Crippen molar-refractivity contribution in [1.29, 1.82) is 5.26 Å². The van der Waals surface area contributed by atoms with Gasteiger partial charge in [-0.3, -0.25) is 0 Å². The van der Waals surface area contributed by atoms with Crippen molar-refractivity contribution < 1.29 is 5.11 Å². The van der Waals surface area contributed by atoms with Crippen molar-refractivity contribution in [3.63, 3.8) is 0 Å². The summed E-state index contributed by atoms with van der Waals surface area (Å²) in [4.78, 5) is 2.17. The lowest BCUT2D eigenvalue weighted by atomic mass is 9.62. The summed E-state index contributed by atoms with van der Waals surface area (Å²) in [6.07, 6.45) is 3.03. The Bertz CT molecular complexity index is 552. The molecule has 1 aliphatic heterocycles. The molecule has 1 fully saturated rings. The van der Waals surface area contributed by atoms with Crippen LogP contribution in [0.3, 0.4) is 0 Å². The van der Waals surface area contributed by atoms with Crippen LogP contribution in [0.25, 0.3) is 0 Å². The van der Waals surface area contributed by atoms with Gasteiger partial charge in [-0.05, 0) is 50.8 Å². The molecule has 1 aromatic carbocycles. The van der Waals surface area contributed by atoms with Crippen LogP contribution in [-0.4, -0.2) is 35.2 Å². The minimum absolute atomic E-state index is 0.336. The number of hydrogen-bond donors (Lipinski definition) is 1. The van der Waals surface area contributed by atoms with E-state index >= 15 is 0 Å². The predicted octanol–water partition coefficient (Wildman–Crippen LogP) is 2.14. The van der Waals surface area contributed by atoms with E-state index in [0.29, 0.717) is 25.4 Å². The molecule has 1 saturated heterocycles. The van der Waals surface area contributed by atoms with Gasteiger partial charge in [0.1, 0.15) is 0 Å². The zero-order valence-electron chi connectivity index (χ0n) is 12.3. The van der Waals surface area contributed by atoms with Crippen LogP contribution in [0.4, 0.5) is 0 Å². The number of rotatable bonds is 1. The highest BCUT2D eigenvalue weighted by Gasteiger charge is 2.56. The molecule has 1 N–H and O–H groups in total. The summed E-state index contributed by atoms with van der Waals surface area (Å²) in [5.41, 5.74) is 1.04. The van der Waals surface area contributed by atoms with Crippen molar-refractivity contribution in [2.24, 2.45) is 5.41 Å². The average molecular weight is 270 g/mol. The molecule has 106 valence electrons. The van der Waals surface area contributed by atoms with E-state index in [1.54, 1.807) is 0 Å². The Hall–Kier alpha value is -1.37. The van der Waals surface area contributed by atoms with Gasteiger partial charge in [-0.25, -0.2) is 0 Å². The van der Waals surface area contributed by atoms with E-state index in [-0.39, 0.29) is 0 Å². The minimum Gasteiger partial charge on any atom is -0.387 e. The average Bonchev–Trinajstić information content (AvgIpc) is 2.72. The fraction of sp³-hybridized carbons (Fsp3) is 0.588. The Balaban J connectivity index is 1.97. The SMILES string of the molecule is CC1CC(O)(C2(C#N)CCc3ccccc3C2)CN1C. The first-order valence-electron chi connectivity index (χ1n) is 7.40. The van der Waals surface area contributed by atoms with Crippen LogP contribution in [0.2, 0.25) is 0 Å². The van der Waals surface area contributed by atoms with Crippen molar-refractivity contribution >= 4 is 0 Å². The monoisotopic (exact) mass is 270 g/mol. The number of likely N-dealkylation sites (N-methyl/N-ethyl adjacent to an activating group) is 1. The summed E-state index contributed by atoms with van der Waals surface area (Å²) in [7, 11) is 2.03. The fourth-order valence-corrected chi connectivity index (χ4v) is 3.96. The van der Waals surface area contributed by atoms with Gasteiger partial charge in [-0.2, -0.15) is 5.26 Å². The molecule has 3 atom stereocenters. The maximum Gasteiger partial charge on any atom is 0.0977 e. The van der Waals surface area contributed by atoms with Crippen LogP contribution in [0.5, 0.6) is 0 Å². The van der Waals surface area contributed by atoms with Gasteiger partial charge in [0, 0.05) is 12.6 Å². The van der Waals surface area contributed by atoms with Gasteiger partial charge in [0.25, 0.3) is 0 Å². The van der Waals surface area contributed by atoms with Gasteiger partial charge in [0.2, 0.25) is 0 Å². The molecule has 0 spiro atoms. The maximum absolute atomic E-state index is 11.2. The molecule has 3 nitrogen and oxygen atoms in total. The van der Waals surface area contributed by atoms with Crippen LogP contribution in [0.15, 0.2) is 24.3 Å². The van der Waals surface area contributed by atoms with Crippen molar-refractivity contribution in [2.45, 2.75) is 44.2 Å². The van der Waals surface area contributed by atoms with E-state index in [0.717, 1.165) is 12.8 Å². The molecule has 3 heteroatoms. The van der Waals surface area contributed by atoms with E-state index < -0.39 is 11.0 Å². The zero-order valence-corrected chi connectivity index (χ0v) is 12.3. The van der Waals surface area contributed by atoms with Gasteiger partial charge in [-0.15, -0.1) is 0 Å². The molecule has 1 heterocycles. The molecule has 0 bridgehead atoms. The van der Waals surface area contributed by atoms with E-state index in [1.165, 1.54) is 11.1 Å². The van der Waals surface area contributed by atoms with Gasteiger partial charge in [0.05, 0.1) is 17.1 Å². The third-order valence-electron chi connectivity index (χ3n) is 5.43. The Morgan fingerprint density at radius 2 is 2.05 bits per heavy atom. The molecule has 0 aromatic heterocycles. The number of nitriles is 1. The summed E-state index contributed by atoms with van der Waals surface area (Å²) in [5, 5.41) is 21.0. The normalized spacial score (nSPS) is 37.4. The molecule has 20 heavy (non-hydrogen) atoms.